The van der Waals surface area contributed by atoms with Crippen LogP contribution in [-0.2, 0) is 4.79 Å². The lowest BCUT2D eigenvalue weighted by Crippen LogP contribution is -2.39. The molecule has 1 amide bonds. The van der Waals surface area contributed by atoms with Crippen LogP contribution in [0.4, 0.5) is 0 Å². The van der Waals surface area contributed by atoms with Gasteiger partial charge in [0.05, 0.1) is 0 Å². The Morgan fingerprint density at radius 1 is 1.32 bits per heavy atom. The molecule has 2 nitrogen and oxygen atoms in total. The number of amides is 1. The van der Waals surface area contributed by atoms with Crippen LogP contribution < -0.4 is 0 Å². The van der Waals surface area contributed by atoms with Crippen molar-refractivity contribution in [2.75, 3.05) is 6.54 Å². The summed E-state index contributed by atoms with van der Waals surface area (Å²) >= 11 is 0. The predicted octanol–water partition coefficient (Wildman–Crippen LogP) is 3.74. The van der Waals surface area contributed by atoms with Crippen LogP contribution in [0.15, 0.2) is 35.9 Å². The molecule has 2 rings (SSSR count). The number of hydrogen-bond donors (Lipinski definition) is 0. The van der Waals surface area contributed by atoms with Gasteiger partial charge in [-0.05, 0) is 39.2 Å². The van der Waals surface area contributed by atoms with E-state index in [1.54, 1.807) is 0 Å². The zero-order valence-electron chi connectivity index (χ0n) is 12.1. The monoisotopic (exact) mass is 257 g/mol. The van der Waals surface area contributed by atoms with Crippen LogP contribution in [-0.4, -0.2) is 23.4 Å². The van der Waals surface area contributed by atoms with Gasteiger partial charge < -0.3 is 4.90 Å². The minimum absolute atomic E-state index is 0.271. The predicted molar refractivity (Wildman–Crippen MR) is 79.7 cm³/mol. The zero-order valence-corrected chi connectivity index (χ0v) is 12.1. The average molecular weight is 257 g/mol. The van der Waals surface area contributed by atoms with Crippen LogP contribution >= 0.6 is 0 Å². The Hall–Kier alpha value is -1.57. The molecule has 0 aromatic heterocycles. The molecule has 0 saturated heterocycles. The lowest BCUT2D eigenvalue weighted by atomic mass is 10.1. The Morgan fingerprint density at radius 2 is 1.95 bits per heavy atom. The van der Waals surface area contributed by atoms with Crippen LogP contribution in [0.3, 0.4) is 0 Å². The zero-order chi connectivity index (χ0) is 13.8. The lowest BCUT2D eigenvalue weighted by molar-refractivity contribution is -0.133. The minimum Gasteiger partial charge on any atom is -0.336 e. The third kappa shape index (κ3) is 3.95. The van der Waals surface area contributed by atoms with E-state index >= 15 is 0 Å². The van der Waals surface area contributed by atoms with Crippen molar-refractivity contribution in [1.29, 1.82) is 0 Å². The van der Waals surface area contributed by atoms with E-state index in [2.05, 4.69) is 39.0 Å². The highest BCUT2D eigenvalue weighted by atomic mass is 16.2. The van der Waals surface area contributed by atoms with Crippen molar-refractivity contribution in [3.8, 4) is 0 Å². The number of carbonyl (C=O) groups excluding carboxylic acids is 1. The van der Waals surface area contributed by atoms with Crippen molar-refractivity contribution >= 4 is 12.0 Å². The maximum absolute atomic E-state index is 12.2. The third-order valence-electron chi connectivity index (χ3n) is 3.47. The first kappa shape index (κ1) is 13.9. The number of hydrogen-bond acceptors (Lipinski definition) is 1. The van der Waals surface area contributed by atoms with Gasteiger partial charge in [-0.15, -0.1) is 0 Å². The van der Waals surface area contributed by atoms with Gasteiger partial charge in [0.1, 0.15) is 0 Å². The van der Waals surface area contributed by atoms with Crippen molar-refractivity contribution in [2.45, 2.75) is 39.7 Å². The lowest BCUT2D eigenvalue weighted by Gasteiger charge is -2.27. The summed E-state index contributed by atoms with van der Waals surface area (Å²) in [5.41, 5.74) is 2.43. The fourth-order valence-electron chi connectivity index (χ4n) is 2.23. The van der Waals surface area contributed by atoms with Gasteiger partial charge in [-0.25, -0.2) is 0 Å². The van der Waals surface area contributed by atoms with Crippen LogP contribution in [0.25, 0.3) is 6.08 Å². The first-order chi connectivity index (χ1) is 9.08. The van der Waals surface area contributed by atoms with E-state index in [4.69, 9.17) is 0 Å². The smallest absolute Gasteiger partial charge is 0.226 e. The van der Waals surface area contributed by atoms with Crippen LogP contribution in [0.5, 0.6) is 0 Å². The SMILES string of the molecule is C/C(=C\c1ccccc1)CN(C(=O)C1CC1)C(C)C. The summed E-state index contributed by atoms with van der Waals surface area (Å²) in [6, 6.07) is 10.5. The molecule has 1 aliphatic rings. The summed E-state index contributed by atoms with van der Waals surface area (Å²) in [5.74, 6) is 0.628. The summed E-state index contributed by atoms with van der Waals surface area (Å²) < 4.78 is 0. The van der Waals surface area contributed by atoms with Gasteiger partial charge >= 0.3 is 0 Å². The second-order valence-electron chi connectivity index (χ2n) is 5.74. The Bertz CT molecular complexity index is 457. The molecule has 102 valence electrons. The molecule has 2 heteroatoms. The van der Waals surface area contributed by atoms with E-state index in [0.29, 0.717) is 11.8 Å². The molecule has 0 atom stereocenters. The van der Waals surface area contributed by atoms with Gasteiger partial charge in [-0.3, -0.25) is 4.79 Å². The molecular formula is C17H23NO. The molecule has 0 aliphatic heterocycles. The molecule has 1 aliphatic carbocycles. The molecule has 1 aromatic carbocycles. The second kappa shape index (κ2) is 6.05. The Morgan fingerprint density at radius 3 is 2.47 bits per heavy atom. The first-order valence-electron chi connectivity index (χ1n) is 7.10. The summed E-state index contributed by atoms with van der Waals surface area (Å²) in [7, 11) is 0. The van der Waals surface area contributed by atoms with Gasteiger partial charge in [-0.1, -0.05) is 42.0 Å². The van der Waals surface area contributed by atoms with Gasteiger partial charge in [0.25, 0.3) is 0 Å². The number of benzene rings is 1. The summed E-state index contributed by atoms with van der Waals surface area (Å²) in [5, 5.41) is 0. The molecule has 1 fully saturated rings. The Kier molecular flexibility index (Phi) is 4.41. The molecule has 0 radical (unpaired) electrons. The van der Waals surface area contributed by atoms with Crippen molar-refractivity contribution in [2.24, 2.45) is 5.92 Å². The standard InChI is InChI=1S/C17H23NO/c1-13(2)18(17(19)16-9-10-16)12-14(3)11-15-7-5-4-6-8-15/h4-8,11,13,16H,9-10,12H2,1-3H3/b14-11+. The molecule has 1 saturated carbocycles. The minimum atomic E-state index is 0.271. The highest BCUT2D eigenvalue weighted by Crippen LogP contribution is 2.31. The molecule has 0 unspecified atom stereocenters. The first-order valence-corrected chi connectivity index (χ1v) is 7.10. The fraction of sp³-hybridized carbons (Fsp3) is 0.471. The van der Waals surface area contributed by atoms with Crippen molar-refractivity contribution < 1.29 is 4.79 Å². The topological polar surface area (TPSA) is 20.3 Å². The van der Waals surface area contributed by atoms with Gasteiger partial charge in [0, 0.05) is 18.5 Å². The second-order valence-corrected chi connectivity index (χ2v) is 5.74. The summed E-state index contributed by atoms with van der Waals surface area (Å²) in [6.07, 6.45) is 4.31. The van der Waals surface area contributed by atoms with Crippen molar-refractivity contribution in [3.63, 3.8) is 0 Å². The Labute approximate surface area is 116 Å². The van der Waals surface area contributed by atoms with Gasteiger partial charge in [0.2, 0.25) is 5.91 Å². The summed E-state index contributed by atoms with van der Waals surface area (Å²) in [6.45, 7) is 7.02. The molecule has 0 N–H and O–H groups in total. The van der Waals surface area contributed by atoms with Crippen molar-refractivity contribution in [3.05, 3.63) is 41.5 Å². The molecule has 0 bridgehead atoms. The number of rotatable bonds is 5. The van der Waals surface area contributed by atoms with E-state index in [1.807, 2.05) is 23.1 Å². The Balaban J connectivity index is 2.04. The van der Waals surface area contributed by atoms with Gasteiger partial charge in [-0.2, -0.15) is 0 Å². The van der Waals surface area contributed by atoms with E-state index in [0.717, 1.165) is 19.4 Å². The van der Waals surface area contributed by atoms with Crippen molar-refractivity contribution in [1.82, 2.24) is 4.90 Å². The van der Waals surface area contributed by atoms with Crippen LogP contribution in [0, 0.1) is 5.92 Å². The molecular weight excluding hydrogens is 234 g/mol. The number of nitrogens with zero attached hydrogens (tertiary/aromatic N) is 1. The largest absolute Gasteiger partial charge is 0.336 e. The van der Waals surface area contributed by atoms with Gasteiger partial charge in [0.15, 0.2) is 0 Å². The third-order valence-corrected chi connectivity index (χ3v) is 3.47. The van der Waals surface area contributed by atoms with E-state index in [9.17, 15) is 4.79 Å². The summed E-state index contributed by atoms with van der Waals surface area (Å²) in [4.78, 5) is 14.2. The maximum atomic E-state index is 12.2. The highest BCUT2D eigenvalue weighted by molar-refractivity contribution is 5.81. The molecule has 0 heterocycles. The molecule has 1 aromatic rings. The average Bonchev–Trinajstić information content (AvgIpc) is 3.20. The fourth-order valence-corrected chi connectivity index (χ4v) is 2.23. The van der Waals surface area contributed by atoms with Crippen LogP contribution in [0.1, 0.15) is 39.2 Å². The quantitative estimate of drug-likeness (QED) is 0.787. The highest BCUT2D eigenvalue weighted by Gasteiger charge is 2.34. The molecule has 19 heavy (non-hydrogen) atoms. The van der Waals surface area contributed by atoms with E-state index in [-0.39, 0.29) is 6.04 Å². The van der Waals surface area contributed by atoms with E-state index < -0.39 is 0 Å². The maximum Gasteiger partial charge on any atom is 0.226 e. The normalized spacial score (nSPS) is 15.7. The van der Waals surface area contributed by atoms with Crippen LogP contribution in [0.2, 0.25) is 0 Å². The van der Waals surface area contributed by atoms with E-state index in [1.165, 1.54) is 11.1 Å². The number of carbonyl (C=O) groups is 1. The molecule has 0 spiro atoms.